The van der Waals surface area contributed by atoms with Crippen LogP contribution in [0.4, 0.5) is 0 Å². The molecular weight excluding hydrogens is 178 g/mol. The van der Waals surface area contributed by atoms with Crippen LogP contribution in [0.1, 0.15) is 39.0 Å². The third-order valence-electron chi connectivity index (χ3n) is 3.64. The van der Waals surface area contributed by atoms with Crippen LogP contribution in [0.15, 0.2) is 0 Å². The van der Waals surface area contributed by atoms with Crippen LogP contribution < -0.4 is 0 Å². The molecule has 1 amide bonds. The first kappa shape index (κ1) is 9.97. The minimum absolute atomic E-state index is 0.261. The number of amides is 1. The van der Waals surface area contributed by atoms with Gasteiger partial charge in [-0.1, -0.05) is 19.8 Å². The number of carbonyl (C=O) groups is 1. The van der Waals surface area contributed by atoms with Gasteiger partial charge in [0.15, 0.2) is 0 Å². The fraction of sp³-hybridized carbons (Fsp3) is 0.909. The van der Waals surface area contributed by atoms with Crippen LogP contribution in [-0.2, 0) is 4.79 Å². The smallest absolute Gasteiger partial charge is 0.225 e. The van der Waals surface area contributed by atoms with E-state index in [-0.39, 0.29) is 11.8 Å². The molecule has 0 bridgehead atoms. The van der Waals surface area contributed by atoms with Crippen molar-refractivity contribution in [1.82, 2.24) is 4.90 Å². The van der Waals surface area contributed by atoms with Gasteiger partial charge in [0.2, 0.25) is 5.91 Å². The Morgan fingerprint density at radius 1 is 1.43 bits per heavy atom. The summed E-state index contributed by atoms with van der Waals surface area (Å²) < 4.78 is 0. The van der Waals surface area contributed by atoms with E-state index in [1.165, 1.54) is 12.8 Å². The predicted octanol–water partition coefficient (Wildman–Crippen LogP) is 1.16. The first-order chi connectivity index (χ1) is 6.64. The van der Waals surface area contributed by atoms with E-state index in [2.05, 4.69) is 0 Å². The van der Waals surface area contributed by atoms with Gasteiger partial charge in [-0.15, -0.1) is 0 Å². The Labute approximate surface area is 85.1 Å². The van der Waals surface area contributed by atoms with Crippen molar-refractivity contribution in [1.29, 1.82) is 0 Å². The van der Waals surface area contributed by atoms with Crippen LogP contribution in [0.2, 0.25) is 0 Å². The van der Waals surface area contributed by atoms with E-state index in [9.17, 15) is 9.90 Å². The fourth-order valence-electron chi connectivity index (χ4n) is 2.47. The highest BCUT2D eigenvalue weighted by molar-refractivity contribution is 5.80. The lowest BCUT2D eigenvalue weighted by Gasteiger charge is -2.47. The number of aliphatic hydroxyl groups is 1. The molecule has 0 aromatic carbocycles. The normalized spacial score (nSPS) is 26.3. The molecule has 14 heavy (non-hydrogen) atoms. The summed E-state index contributed by atoms with van der Waals surface area (Å²) in [6.07, 6.45) is 5.26. The number of hydrogen-bond acceptors (Lipinski definition) is 2. The zero-order chi connectivity index (χ0) is 10.2. The van der Waals surface area contributed by atoms with E-state index in [0.717, 1.165) is 19.3 Å². The van der Waals surface area contributed by atoms with E-state index >= 15 is 0 Å². The van der Waals surface area contributed by atoms with E-state index in [4.69, 9.17) is 0 Å². The van der Waals surface area contributed by atoms with Gasteiger partial charge in [-0.05, 0) is 19.3 Å². The Morgan fingerprint density at radius 3 is 2.50 bits per heavy atom. The fourth-order valence-corrected chi connectivity index (χ4v) is 2.47. The zero-order valence-corrected chi connectivity index (χ0v) is 8.83. The molecule has 1 saturated carbocycles. The van der Waals surface area contributed by atoms with Gasteiger partial charge in [-0.3, -0.25) is 4.79 Å². The molecule has 2 rings (SSSR count). The van der Waals surface area contributed by atoms with Gasteiger partial charge >= 0.3 is 0 Å². The Bertz CT molecular complexity index is 227. The van der Waals surface area contributed by atoms with Crippen molar-refractivity contribution in [2.75, 3.05) is 13.1 Å². The van der Waals surface area contributed by atoms with Crippen LogP contribution in [0.5, 0.6) is 0 Å². The Balaban J connectivity index is 1.84. The number of rotatable bonds is 2. The van der Waals surface area contributed by atoms with Crippen LogP contribution in [0.3, 0.4) is 0 Å². The molecule has 0 spiro atoms. The number of carbonyl (C=O) groups excluding carboxylic acids is 1. The first-order valence-electron chi connectivity index (χ1n) is 5.66. The summed E-state index contributed by atoms with van der Waals surface area (Å²) in [6.45, 7) is 3.08. The Hall–Kier alpha value is -0.570. The second-order valence-corrected chi connectivity index (χ2v) is 4.75. The highest BCUT2D eigenvalue weighted by atomic mass is 16.3. The quantitative estimate of drug-likeness (QED) is 0.721. The molecule has 0 atom stereocenters. The maximum atomic E-state index is 11.8. The van der Waals surface area contributed by atoms with Crippen molar-refractivity contribution in [2.24, 2.45) is 5.92 Å². The van der Waals surface area contributed by atoms with E-state index < -0.39 is 5.60 Å². The van der Waals surface area contributed by atoms with E-state index in [1.54, 1.807) is 0 Å². The number of hydrogen-bond donors (Lipinski definition) is 1. The van der Waals surface area contributed by atoms with Crippen LogP contribution in [-0.4, -0.2) is 34.6 Å². The number of nitrogens with zero attached hydrogens (tertiary/aromatic N) is 1. The van der Waals surface area contributed by atoms with Gasteiger partial charge < -0.3 is 10.0 Å². The largest absolute Gasteiger partial charge is 0.386 e. The summed E-state index contributed by atoms with van der Waals surface area (Å²) in [6, 6.07) is 0. The van der Waals surface area contributed by atoms with E-state index in [0.29, 0.717) is 13.1 Å². The molecule has 1 aliphatic carbocycles. The minimum Gasteiger partial charge on any atom is -0.386 e. The molecule has 3 heteroatoms. The number of β-amino-alcohol motifs (C(OH)–C–C–N with tert-alkyl or cyclic N) is 1. The van der Waals surface area contributed by atoms with Gasteiger partial charge in [-0.2, -0.15) is 0 Å². The molecule has 1 N–H and O–H groups in total. The highest BCUT2D eigenvalue weighted by Gasteiger charge is 2.43. The third-order valence-corrected chi connectivity index (χ3v) is 3.64. The molecule has 0 aromatic heterocycles. The summed E-state index contributed by atoms with van der Waals surface area (Å²) in [5, 5.41) is 9.79. The average molecular weight is 197 g/mol. The third kappa shape index (κ3) is 1.65. The van der Waals surface area contributed by atoms with Gasteiger partial charge in [-0.25, -0.2) is 0 Å². The zero-order valence-electron chi connectivity index (χ0n) is 8.83. The van der Waals surface area contributed by atoms with Gasteiger partial charge in [0.1, 0.15) is 0 Å². The molecule has 1 aliphatic heterocycles. The van der Waals surface area contributed by atoms with Crippen molar-refractivity contribution < 1.29 is 9.90 Å². The topological polar surface area (TPSA) is 40.5 Å². The summed E-state index contributed by atoms with van der Waals surface area (Å²) in [7, 11) is 0. The van der Waals surface area contributed by atoms with Crippen molar-refractivity contribution in [3.8, 4) is 0 Å². The molecule has 3 nitrogen and oxygen atoms in total. The lowest BCUT2D eigenvalue weighted by atomic mass is 9.89. The van der Waals surface area contributed by atoms with Crippen LogP contribution >= 0.6 is 0 Å². The standard InChI is InChI=1S/C11H19NO2/c1-2-11(14)7-12(8-11)10(13)9-5-3-4-6-9/h9,14H,2-8H2,1H3. The van der Waals surface area contributed by atoms with Gasteiger partial charge in [0, 0.05) is 5.92 Å². The van der Waals surface area contributed by atoms with Crippen LogP contribution in [0.25, 0.3) is 0 Å². The average Bonchev–Trinajstić information content (AvgIpc) is 2.64. The summed E-state index contributed by atoms with van der Waals surface area (Å²) in [4.78, 5) is 13.7. The van der Waals surface area contributed by atoms with Crippen molar-refractivity contribution >= 4 is 5.91 Å². The molecule has 0 radical (unpaired) electrons. The van der Waals surface area contributed by atoms with Crippen molar-refractivity contribution in [3.63, 3.8) is 0 Å². The second kappa shape index (κ2) is 3.54. The molecule has 1 heterocycles. The molecule has 1 saturated heterocycles. The van der Waals surface area contributed by atoms with Crippen molar-refractivity contribution in [2.45, 2.75) is 44.6 Å². The highest BCUT2D eigenvalue weighted by Crippen LogP contribution is 2.31. The monoisotopic (exact) mass is 197 g/mol. The van der Waals surface area contributed by atoms with Gasteiger partial charge in [0.05, 0.1) is 18.7 Å². The Morgan fingerprint density at radius 2 is 2.00 bits per heavy atom. The maximum absolute atomic E-state index is 11.8. The summed E-state index contributed by atoms with van der Waals surface area (Å²) in [5.41, 5.74) is -0.575. The molecule has 80 valence electrons. The SMILES string of the molecule is CCC1(O)CN(C(=O)C2CCCC2)C1. The molecular formula is C11H19NO2. The number of likely N-dealkylation sites (tertiary alicyclic amines) is 1. The first-order valence-corrected chi connectivity index (χ1v) is 5.66. The minimum atomic E-state index is -0.575. The lowest BCUT2D eigenvalue weighted by Crippen LogP contribution is -2.64. The summed E-state index contributed by atoms with van der Waals surface area (Å²) >= 11 is 0. The molecule has 2 aliphatic rings. The molecule has 2 fully saturated rings. The second-order valence-electron chi connectivity index (χ2n) is 4.75. The molecule has 0 unspecified atom stereocenters. The lowest BCUT2D eigenvalue weighted by molar-refractivity contribution is -0.159. The molecule has 0 aromatic rings. The van der Waals surface area contributed by atoms with E-state index in [1.807, 2.05) is 11.8 Å². The predicted molar refractivity (Wildman–Crippen MR) is 53.8 cm³/mol. The van der Waals surface area contributed by atoms with Gasteiger partial charge in [0.25, 0.3) is 0 Å². The van der Waals surface area contributed by atoms with Crippen molar-refractivity contribution in [3.05, 3.63) is 0 Å². The summed E-state index contributed by atoms with van der Waals surface area (Å²) in [5.74, 6) is 0.539. The van der Waals surface area contributed by atoms with Crippen LogP contribution in [0, 0.1) is 5.92 Å². The maximum Gasteiger partial charge on any atom is 0.225 e. The Kier molecular flexibility index (Phi) is 2.52.